The maximum atomic E-state index is 5.62. The second kappa shape index (κ2) is 7.81. The Bertz CT molecular complexity index is 390. The number of furan rings is 1. The van der Waals surface area contributed by atoms with Crippen molar-refractivity contribution in [1.82, 2.24) is 10.2 Å². The first-order chi connectivity index (χ1) is 9.69. The summed E-state index contributed by atoms with van der Waals surface area (Å²) in [4.78, 5) is 2.47. The summed E-state index contributed by atoms with van der Waals surface area (Å²) in [7, 11) is 1.81. The molecule has 1 atom stereocenters. The molecular formula is C16H28N2O2. The zero-order valence-corrected chi connectivity index (χ0v) is 13.0. The number of hydrogen-bond donors (Lipinski definition) is 1. The molecule has 0 bridgehead atoms. The number of hydrogen-bond acceptors (Lipinski definition) is 4. The third-order valence-electron chi connectivity index (χ3n) is 3.87. The number of ether oxygens (including phenoxy) is 1. The second-order valence-corrected chi connectivity index (χ2v) is 6.13. The average molecular weight is 280 g/mol. The van der Waals surface area contributed by atoms with Crippen LogP contribution in [0.4, 0.5) is 0 Å². The number of likely N-dealkylation sites (tertiary alicyclic amines) is 1. The highest BCUT2D eigenvalue weighted by molar-refractivity contribution is 5.17. The molecule has 0 spiro atoms. The summed E-state index contributed by atoms with van der Waals surface area (Å²) >= 11 is 0. The molecule has 0 aromatic carbocycles. The standard InChI is InChI=1S/C16H28N2O2/c1-13(2)9-17-10-16-14(6-8-20-16)11-18-7-4-5-15(12-18)19-3/h6,8,13,15,17H,4-5,7,9-12H2,1-3H3. The molecule has 2 heterocycles. The quantitative estimate of drug-likeness (QED) is 0.833. The fourth-order valence-electron chi connectivity index (χ4n) is 2.73. The van der Waals surface area contributed by atoms with Crippen molar-refractivity contribution in [1.29, 1.82) is 0 Å². The van der Waals surface area contributed by atoms with E-state index in [-0.39, 0.29) is 0 Å². The van der Waals surface area contributed by atoms with E-state index in [1.165, 1.54) is 18.4 Å². The molecule has 0 saturated carbocycles. The van der Waals surface area contributed by atoms with Gasteiger partial charge in [-0.05, 0) is 37.9 Å². The van der Waals surface area contributed by atoms with E-state index in [0.29, 0.717) is 12.0 Å². The highest BCUT2D eigenvalue weighted by Gasteiger charge is 2.20. The molecule has 20 heavy (non-hydrogen) atoms. The van der Waals surface area contributed by atoms with Gasteiger partial charge in [0, 0.05) is 25.8 Å². The Balaban J connectivity index is 1.84. The third-order valence-corrected chi connectivity index (χ3v) is 3.87. The van der Waals surface area contributed by atoms with Crippen LogP contribution in [0.25, 0.3) is 0 Å². The van der Waals surface area contributed by atoms with Crippen molar-refractivity contribution in [2.75, 3.05) is 26.7 Å². The molecular weight excluding hydrogens is 252 g/mol. The number of piperidine rings is 1. The molecule has 0 radical (unpaired) electrons. The SMILES string of the molecule is COC1CCCN(Cc2ccoc2CNCC(C)C)C1. The first-order valence-electron chi connectivity index (χ1n) is 7.70. The van der Waals surface area contributed by atoms with Gasteiger partial charge in [-0.15, -0.1) is 0 Å². The average Bonchev–Trinajstić information content (AvgIpc) is 2.86. The Morgan fingerprint density at radius 3 is 3.10 bits per heavy atom. The van der Waals surface area contributed by atoms with E-state index in [2.05, 4.69) is 30.1 Å². The van der Waals surface area contributed by atoms with Crippen molar-refractivity contribution in [3.63, 3.8) is 0 Å². The van der Waals surface area contributed by atoms with Crippen LogP contribution in [0, 0.1) is 5.92 Å². The lowest BCUT2D eigenvalue weighted by Gasteiger charge is -2.31. The minimum atomic E-state index is 0.387. The molecule has 1 aliphatic rings. The lowest BCUT2D eigenvalue weighted by atomic mass is 10.1. The fraction of sp³-hybridized carbons (Fsp3) is 0.750. The van der Waals surface area contributed by atoms with Gasteiger partial charge >= 0.3 is 0 Å². The molecule has 4 heteroatoms. The van der Waals surface area contributed by atoms with Crippen LogP contribution in [0.5, 0.6) is 0 Å². The van der Waals surface area contributed by atoms with Crippen molar-refractivity contribution in [3.8, 4) is 0 Å². The van der Waals surface area contributed by atoms with Crippen LogP contribution < -0.4 is 5.32 Å². The monoisotopic (exact) mass is 280 g/mol. The van der Waals surface area contributed by atoms with Crippen LogP contribution in [-0.4, -0.2) is 37.7 Å². The van der Waals surface area contributed by atoms with Gasteiger partial charge in [0.1, 0.15) is 5.76 Å². The summed E-state index contributed by atoms with van der Waals surface area (Å²) in [6.45, 7) is 9.43. The van der Waals surface area contributed by atoms with Crippen LogP contribution in [0.15, 0.2) is 16.7 Å². The van der Waals surface area contributed by atoms with Crippen molar-refractivity contribution >= 4 is 0 Å². The normalized spacial score (nSPS) is 20.7. The predicted molar refractivity (Wildman–Crippen MR) is 80.6 cm³/mol. The van der Waals surface area contributed by atoms with Gasteiger partial charge in [0.05, 0.1) is 18.9 Å². The molecule has 0 aliphatic carbocycles. The van der Waals surface area contributed by atoms with E-state index < -0.39 is 0 Å². The molecule has 2 rings (SSSR count). The van der Waals surface area contributed by atoms with Crippen LogP contribution in [0.3, 0.4) is 0 Å². The summed E-state index contributed by atoms with van der Waals surface area (Å²) in [6, 6.07) is 2.10. The van der Waals surface area contributed by atoms with Crippen LogP contribution >= 0.6 is 0 Å². The van der Waals surface area contributed by atoms with E-state index in [9.17, 15) is 0 Å². The molecule has 0 amide bonds. The maximum absolute atomic E-state index is 5.62. The Morgan fingerprint density at radius 1 is 1.50 bits per heavy atom. The Labute approximate surface area is 122 Å². The molecule has 1 saturated heterocycles. The van der Waals surface area contributed by atoms with Crippen molar-refractivity contribution in [2.24, 2.45) is 5.92 Å². The van der Waals surface area contributed by atoms with Gasteiger partial charge in [0.25, 0.3) is 0 Å². The fourth-order valence-corrected chi connectivity index (χ4v) is 2.73. The van der Waals surface area contributed by atoms with Gasteiger partial charge in [-0.3, -0.25) is 4.90 Å². The Kier molecular flexibility index (Phi) is 6.07. The van der Waals surface area contributed by atoms with Crippen LogP contribution in [0.2, 0.25) is 0 Å². The summed E-state index contributed by atoms with van der Waals surface area (Å²) in [6.07, 6.45) is 4.59. The van der Waals surface area contributed by atoms with Crippen molar-refractivity contribution < 1.29 is 9.15 Å². The molecule has 1 N–H and O–H groups in total. The van der Waals surface area contributed by atoms with E-state index >= 15 is 0 Å². The number of nitrogens with one attached hydrogen (secondary N) is 1. The minimum Gasteiger partial charge on any atom is -0.468 e. The molecule has 1 fully saturated rings. The van der Waals surface area contributed by atoms with E-state index in [4.69, 9.17) is 9.15 Å². The van der Waals surface area contributed by atoms with E-state index in [1.54, 1.807) is 6.26 Å². The third kappa shape index (κ3) is 4.62. The highest BCUT2D eigenvalue weighted by Crippen LogP contribution is 2.18. The molecule has 1 unspecified atom stereocenters. The number of methoxy groups -OCH3 is 1. The zero-order chi connectivity index (χ0) is 14.4. The molecule has 1 aromatic rings. The van der Waals surface area contributed by atoms with E-state index in [1.807, 2.05) is 7.11 Å². The predicted octanol–water partition coefficient (Wildman–Crippen LogP) is 2.64. The largest absolute Gasteiger partial charge is 0.468 e. The van der Waals surface area contributed by atoms with Crippen LogP contribution in [0.1, 0.15) is 38.0 Å². The smallest absolute Gasteiger partial charge is 0.122 e. The summed E-state index contributed by atoms with van der Waals surface area (Å²) < 4.78 is 11.1. The lowest BCUT2D eigenvalue weighted by Crippen LogP contribution is -2.38. The Hall–Kier alpha value is -0.840. The second-order valence-electron chi connectivity index (χ2n) is 6.13. The van der Waals surface area contributed by atoms with Gasteiger partial charge in [-0.1, -0.05) is 13.8 Å². The minimum absolute atomic E-state index is 0.387. The summed E-state index contributed by atoms with van der Waals surface area (Å²) in [5.74, 6) is 1.74. The summed E-state index contributed by atoms with van der Waals surface area (Å²) in [5, 5.41) is 3.45. The van der Waals surface area contributed by atoms with Gasteiger partial charge in [0.2, 0.25) is 0 Å². The topological polar surface area (TPSA) is 37.6 Å². The van der Waals surface area contributed by atoms with Crippen molar-refractivity contribution in [2.45, 2.75) is 45.9 Å². The van der Waals surface area contributed by atoms with E-state index in [0.717, 1.165) is 38.5 Å². The number of rotatable bonds is 7. The zero-order valence-electron chi connectivity index (χ0n) is 13.0. The van der Waals surface area contributed by atoms with Gasteiger partial charge < -0.3 is 14.5 Å². The maximum Gasteiger partial charge on any atom is 0.122 e. The first kappa shape index (κ1) is 15.5. The van der Waals surface area contributed by atoms with Gasteiger partial charge in [-0.2, -0.15) is 0 Å². The molecule has 114 valence electrons. The Morgan fingerprint density at radius 2 is 2.35 bits per heavy atom. The number of nitrogens with zero attached hydrogens (tertiary/aromatic N) is 1. The molecule has 1 aliphatic heterocycles. The first-order valence-corrected chi connectivity index (χ1v) is 7.70. The highest BCUT2D eigenvalue weighted by atomic mass is 16.5. The molecule has 1 aromatic heterocycles. The van der Waals surface area contributed by atoms with Gasteiger partial charge in [-0.25, -0.2) is 0 Å². The molecule has 4 nitrogen and oxygen atoms in total. The lowest BCUT2D eigenvalue weighted by molar-refractivity contribution is 0.0283. The van der Waals surface area contributed by atoms with Crippen molar-refractivity contribution in [3.05, 3.63) is 23.7 Å². The van der Waals surface area contributed by atoms with Crippen LogP contribution in [-0.2, 0) is 17.8 Å². The van der Waals surface area contributed by atoms with Gasteiger partial charge in [0.15, 0.2) is 0 Å². The summed E-state index contributed by atoms with van der Waals surface area (Å²) in [5.41, 5.74) is 1.30.